The molecule has 1 aromatic rings. The minimum Gasteiger partial charge on any atom is -0.480 e. The molecule has 9 heteroatoms. The van der Waals surface area contributed by atoms with Gasteiger partial charge in [0.2, 0.25) is 11.8 Å². The summed E-state index contributed by atoms with van der Waals surface area (Å²) in [6.07, 6.45) is 6.02. The monoisotopic (exact) mass is 400 g/mol. The van der Waals surface area contributed by atoms with Crippen LogP contribution in [-0.2, 0) is 20.9 Å². The van der Waals surface area contributed by atoms with Crippen LogP contribution in [0.15, 0.2) is 24.4 Å². The summed E-state index contributed by atoms with van der Waals surface area (Å²) in [7, 11) is 5.85. The second kappa shape index (κ2) is 12.2. The predicted molar refractivity (Wildman–Crippen MR) is 109 cm³/mol. The molecule has 1 aliphatic rings. The molecular weight excluding hydrogens is 371 g/mol. The van der Waals surface area contributed by atoms with Gasteiger partial charge < -0.3 is 15.3 Å². The molecule has 8 nitrogen and oxygen atoms in total. The zero-order chi connectivity index (χ0) is 21.1. The first-order chi connectivity index (χ1) is 14.0. The largest absolute Gasteiger partial charge is 0.480 e. The van der Waals surface area contributed by atoms with Crippen molar-refractivity contribution in [2.24, 2.45) is 0 Å². The Kier molecular flexibility index (Phi) is 9.63. The maximum Gasteiger partial charge on any atom is 0.317 e. The number of nitrogens with zero attached hydrogens (tertiary/aromatic N) is 3. The Morgan fingerprint density at radius 1 is 1.28 bits per heavy atom. The molecule has 156 valence electrons. The smallest absolute Gasteiger partial charge is 0.317 e. The number of carboxylic acid groups (broad SMARTS) is 1. The van der Waals surface area contributed by atoms with E-state index >= 15 is 0 Å². The van der Waals surface area contributed by atoms with Gasteiger partial charge in [-0.3, -0.25) is 24.3 Å². The van der Waals surface area contributed by atoms with Crippen LogP contribution in [0.25, 0.3) is 0 Å². The number of pyridine rings is 1. The molecule has 2 radical (unpaired) electrons. The Morgan fingerprint density at radius 2 is 2.10 bits per heavy atom. The molecule has 1 aliphatic heterocycles. The van der Waals surface area contributed by atoms with E-state index in [1.165, 1.54) is 0 Å². The predicted octanol–water partition coefficient (Wildman–Crippen LogP) is 0.762. The van der Waals surface area contributed by atoms with E-state index in [0.717, 1.165) is 31.4 Å². The molecule has 0 aromatic carbocycles. The Labute approximate surface area is 173 Å². The van der Waals surface area contributed by atoms with Gasteiger partial charge in [-0.05, 0) is 50.3 Å². The molecular formula is C20H29BN4O4. The number of carboxylic acids is 1. The van der Waals surface area contributed by atoms with Gasteiger partial charge in [0.05, 0.1) is 26.6 Å². The number of unbranched alkanes of at least 4 members (excludes halogenated alkanes) is 2. The molecule has 2 heterocycles. The highest BCUT2D eigenvalue weighted by Crippen LogP contribution is 2.13. The summed E-state index contributed by atoms with van der Waals surface area (Å²) in [6, 6.07) is 5.57. The minimum atomic E-state index is -0.873. The fourth-order valence-corrected chi connectivity index (χ4v) is 3.39. The number of rotatable bonds is 12. The molecule has 2 N–H and O–H groups in total. The van der Waals surface area contributed by atoms with Gasteiger partial charge in [-0.25, -0.2) is 0 Å². The molecule has 0 bridgehead atoms. The zero-order valence-electron chi connectivity index (χ0n) is 16.8. The van der Waals surface area contributed by atoms with Crippen molar-refractivity contribution in [1.29, 1.82) is 0 Å². The van der Waals surface area contributed by atoms with Gasteiger partial charge in [0.15, 0.2) is 0 Å². The van der Waals surface area contributed by atoms with Crippen LogP contribution < -0.4 is 5.32 Å². The molecule has 0 spiro atoms. The van der Waals surface area contributed by atoms with Gasteiger partial charge in [0.1, 0.15) is 0 Å². The van der Waals surface area contributed by atoms with Crippen LogP contribution >= 0.6 is 0 Å². The number of hydrogen-bond donors (Lipinski definition) is 2. The third kappa shape index (κ3) is 8.64. The fourth-order valence-electron chi connectivity index (χ4n) is 3.39. The topological polar surface area (TPSA) is 103 Å². The molecule has 1 saturated heterocycles. The van der Waals surface area contributed by atoms with Crippen LogP contribution in [0.4, 0.5) is 0 Å². The molecule has 1 atom stereocenters. The second-order valence-electron chi connectivity index (χ2n) is 7.31. The van der Waals surface area contributed by atoms with Crippen LogP contribution in [0, 0.1) is 0 Å². The molecule has 1 fully saturated rings. The van der Waals surface area contributed by atoms with Gasteiger partial charge in [-0.15, -0.1) is 0 Å². The number of amides is 2. The van der Waals surface area contributed by atoms with Crippen molar-refractivity contribution in [3.8, 4) is 0 Å². The fraction of sp³-hybridized carbons (Fsp3) is 0.600. The van der Waals surface area contributed by atoms with E-state index in [2.05, 4.69) is 10.3 Å². The SMILES string of the molecule is [B]C1CCCN1C(=O)CNC(=O)CCCCCN(CC(=O)O)Cc1ccccn1. The van der Waals surface area contributed by atoms with Crippen LogP contribution in [-0.4, -0.2) is 77.6 Å². The van der Waals surface area contributed by atoms with Gasteiger partial charge in [-0.1, -0.05) is 12.5 Å². The maximum atomic E-state index is 12.0. The standard InChI is InChI=1S/C20H29BN4O4/c21-17-8-6-12-25(17)19(27)13-23-18(26)9-2-1-5-11-24(15-20(28)29)14-16-7-3-4-10-22-16/h3-4,7,10,17H,1-2,5-6,8-9,11-15H2,(H,23,26)(H,28,29). The Balaban J connectivity index is 1.60. The van der Waals surface area contributed by atoms with Crippen molar-refractivity contribution in [2.75, 3.05) is 26.2 Å². The summed E-state index contributed by atoms with van der Waals surface area (Å²) in [5.41, 5.74) is 0.829. The van der Waals surface area contributed by atoms with Gasteiger partial charge in [0.25, 0.3) is 0 Å². The Bertz CT molecular complexity index is 674. The van der Waals surface area contributed by atoms with Gasteiger partial charge in [0, 0.05) is 25.7 Å². The second-order valence-corrected chi connectivity index (χ2v) is 7.31. The van der Waals surface area contributed by atoms with Crippen LogP contribution in [0.1, 0.15) is 44.2 Å². The first kappa shape index (κ1) is 22.9. The third-order valence-electron chi connectivity index (χ3n) is 4.91. The normalized spacial score (nSPS) is 16.2. The quantitative estimate of drug-likeness (QED) is 0.397. The summed E-state index contributed by atoms with van der Waals surface area (Å²) in [5.74, 6) is -1.40. The number of hydrogen-bond acceptors (Lipinski definition) is 5. The lowest BCUT2D eigenvalue weighted by molar-refractivity contribution is -0.138. The summed E-state index contributed by atoms with van der Waals surface area (Å²) in [6.45, 7) is 1.70. The maximum absolute atomic E-state index is 12.0. The molecule has 29 heavy (non-hydrogen) atoms. The molecule has 0 aliphatic carbocycles. The van der Waals surface area contributed by atoms with Crippen molar-refractivity contribution in [1.82, 2.24) is 20.1 Å². The van der Waals surface area contributed by atoms with Crippen LogP contribution in [0.3, 0.4) is 0 Å². The zero-order valence-corrected chi connectivity index (χ0v) is 16.8. The van der Waals surface area contributed by atoms with Crippen molar-refractivity contribution in [3.05, 3.63) is 30.1 Å². The van der Waals surface area contributed by atoms with Crippen molar-refractivity contribution < 1.29 is 19.5 Å². The van der Waals surface area contributed by atoms with Gasteiger partial charge in [-0.2, -0.15) is 0 Å². The summed E-state index contributed by atoms with van der Waals surface area (Å²) in [4.78, 5) is 42.7. The van der Waals surface area contributed by atoms with E-state index in [4.69, 9.17) is 13.0 Å². The molecule has 2 rings (SSSR count). The van der Waals surface area contributed by atoms with Crippen LogP contribution in [0.2, 0.25) is 0 Å². The van der Waals surface area contributed by atoms with E-state index in [-0.39, 0.29) is 30.8 Å². The van der Waals surface area contributed by atoms with Crippen molar-refractivity contribution in [2.45, 2.75) is 51.0 Å². The Morgan fingerprint density at radius 3 is 2.76 bits per heavy atom. The van der Waals surface area contributed by atoms with E-state index in [1.807, 2.05) is 23.1 Å². The van der Waals surface area contributed by atoms with Crippen molar-refractivity contribution >= 4 is 25.6 Å². The average Bonchev–Trinajstić information content (AvgIpc) is 3.12. The number of likely N-dealkylation sites (tertiary alicyclic amines) is 1. The minimum absolute atomic E-state index is 0.0109. The number of aromatic nitrogens is 1. The lowest BCUT2D eigenvalue weighted by Crippen LogP contribution is -2.42. The number of nitrogens with one attached hydrogen (secondary N) is 1. The first-order valence-corrected chi connectivity index (χ1v) is 10.1. The average molecular weight is 400 g/mol. The van der Waals surface area contributed by atoms with Crippen LogP contribution in [0.5, 0.6) is 0 Å². The molecule has 0 saturated carbocycles. The number of carbonyl (C=O) groups excluding carboxylic acids is 2. The lowest BCUT2D eigenvalue weighted by Gasteiger charge is -2.22. The summed E-state index contributed by atoms with van der Waals surface area (Å²) >= 11 is 0. The van der Waals surface area contributed by atoms with Crippen molar-refractivity contribution in [3.63, 3.8) is 0 Å². The first-order valence-electron chi connectivity index (χ1n) is 10.1. The highest BCUT2D eigenvalue weighted by molar-refractivity contribution is 6.13. The van der Waals surface area contributed by atoms with Gasteiger partial charge >= 0.3 is 5.97 Å². The third-order valence-corrected chi connectivity index (χ3v) is 4.91. The number of aliphatic carboxylic acids is 1. The van der Waals surface area contributed by atoms with E-state index in [0.29, 0.717) is 32.5 Å². The molecule has 2 amide bonds. The Hall–Kier alpha value is -2.42. The highest BCUT2D eigenvalue weighted by Gasteiger charge is 2.24. The molecule has 1 aromatic heterocycles. The van der Waals surface area contributed by atoms with E-state index in [1.54, 1.807) is 11.1 Å². The van der Waals surface area contributed by atoms with E-state index in [9.17, 15) is 14.4 Å². The van der Waals surface area contributed by atoms with E-state index < -0.39 is 5.97 Å². The number of carbonyl (C=O) groups is 3. The summed E-state index contributed by atoms with van der Waals surface area (Å²) in [5, 5.41) is 11.7. The lowest BCUT2D eigenvalue weighted by atomic mass is 9.94. The molecule has 1 unspecified atom stereocenters. The highest BCUT2D eigenvalue weighted by atomic mass is 16.4. The summed E-state index contributed by atoms with van der Waals surface area (Å²) < 4.78 is 0.